The average Bonchev–Trinajstić information content (AvgIpc) is 2.27. The van der Waals surface area contributed by atoms with Gasteiger partial charge in [0.1, 0.15) is 0 Å². The number of carbonyl (C=O) groups excluding carboxylic acids is 1. The molecule has 18 heavy (non-hydrogen) atoms. The molecule has 1 fully saturated rings. The molecule has 0 unspecified atom stereocenters. The second-order valence-corrected chi connectivity index (χ2v) is 6.97. The monoisotopic (exact) mass is 265 g/mol. The van der Waals surface area contributed by atoms with E-state index in [1.807, 2.05) is 17.8 Å². The van der Waals surface area contributed by atoms with Crippen LogP contribution < -0.4 is 16.4 Å². The van der Waals surface area contributed by atoms with Gasteiger partial charge in [0.2, 0.25) is 5.91 Å². The van der Waals surface area contributed by atoms with E-state index >= 15 is 0 Å². The number of rotatable bonds is 2. The molecule has 1 heterocycles. The van der Waals surface area contributed by atoms with Crippen molar-refractivity contribution in [3.63, 3.8) is 0 Å². The first-order chi connectivity index (χ1) is 8.39. The Morgan fingerprint density at radius 2 is 2.17 bits per heavy atom. The van der Waals surface area contributed by atoms with E-state index in [1.54, 1.807) is 12.1 Å². The Balaban J connectivity index is 2.26. The highest BCUT2D eigenvalue weighted by molar-refractivity contribution is 8.00. The number of carbonyl (C=O) groups is 1. The van der Waals surface area contributed by atoms with Crippen molar-refractivity contribution in [1.82, 2.24) is 0 Å². The Kier molecular flexibility index (Phi) is 3.43. The fraction of sp³-hybridized carbons (Fsp3) is 0.462. The van der Waals surface area contributed by atoms with Gasteiger partial charge in [-0.2, -0.15) is 11.8 Å². The van der Waals surface area contributed by atoms with E-state index in [2.05, 4.69) is 18.7 Å². The Labute approximate surface area is 112 Å². The summed E-state index contributed by atoms with van der Waals surface area (Å²) in [6.07, 6.45) is 0. The van der Waals surface area contributed by atoms with Crippen LogP contribution in [0.25, 0.3) is 0 Å². The van der Waals surface area contributed by atoms with Crippen LogP contribution in [0.1, 0.15) is 24.2 Å². The zero-order valence-corrected chi connectivity index (χ0v) is 11.6. The van der Waals surface area contributed by atoms with Gasteiger partial charge in [0.15, 0.2) is 0 Å². The van der Waals surface area contributed by atoms with Gasteiger partial charge in [-0.1, -0.05) is 0 Å². The summed E-state index contributed by atoms with van der Waals surface area (Å²) < 4.78 is 0.229. The first-order valence-electron chi connectivity index (χ1n) is 5.97. The quantitative estimate of drug-likeness (QED) is 0.798. The van der Waals surface area contributed by atoms with Crippen LogP contribution in [0, 0.1) is 0 Å². The topological polar surface area (TPSA) is 72.3 Å². The molecule has 0 atom stereocenters. The molecular weight excluding hydrogens is 246 g/mol. The third kappa shape index (κ3) is 2.72. The molecule has 0 aromatic heterocycles. The molecule has 0 spiro atoms. The summed E-state index contributed by atoms with van der Waals surface area (Å²) in [5, 5.41) is 0. The molecule has 0 saturated carbocycles. The lowest BCUT2D eigenvalue weighted by Crippen LogP contribution is -2.43. The normalized spacial score (nSPS) is 18.7. The van der Waals surface area contributed by atoms with E-state index in [-0.39, 0.29) is 4.75 Å². The summed E-state index contributed by atoms with van der Waals surface area (Å²) in [6.45, 7) is 6.40. The summed E-state index contributed by atoms with van der Waals surface area (Å²) in [6, 6.07) is 5.29. The molecule has 0 radical (unpaired) electrons. The van der Waals surface area contributed by atoms with Gasteiger partial charge in [-0.3, -0.25) is 4.79 Å². The van der Waals surface area contributed by atoms with Gasteiger partial charge in [0, 0.05) is 29.2 Å². The molecule has 4 nitrogen and oxygen atoms in total. The first kappa shape index (κ1) is 13.1. The van der Waals surface area contributed by atoms with E-state index in [0.29, 0.717) is 11.3 Å². The second-order valence-electron chi connectivity index (χ2n) is 5.17. The van der Waals surface area contributed by atoms with E-state index in [1.165, 1.54) is 0 Å². The molecule has 4 N–H and O–H groups in total. The van der Waals surface area contributed by atoms with Crippen LogP contribution in [0.3, 0.4) is 0 Å². The van der Waals surface area contributed by atoms with Crippen molar-refractivity contribution in [2.45, 2.75) is 18.6 Å². The fourth-order valence-corrected chi connectivity index (χ4v) is 3.33. The highest BCUT2D eigenvalue weighted by Gasteiger charge is 2.27. The third-order valence-electron chi connectivity index (χ3n) is 3.08. The number of amides is 1. The van der Waals surface area contributed by atoms with Crippen molar-refractivity contribution in [2.75, 3.05) is 29.5 Å². The van der Waals surface area contributed by atoms with Gasteiger partial charge >= 0.3 is 0 Å². The summed E-state index contributed by atoms with van der Waals surface area (Å²) in [7, 11) is 0. The Morgan fingerprint density at radius 3 is 2.72 bits per heavy atom. The Hall–Kier alpha value is -1.36. The lowest BCUT2D eigenvalue weighted by atomic mass is 10.1. The predicted molar refractivity (Wildman–Crippen MR) is 78.1 cm³/mol. The number of thioether (sulfide) groups is 1. The predicted octanol–water partition coefficient (Wildman–Crippen LogP) is 1.70. The Bertz CT molecular complexity index is 473. The van der Waals surface area contributed by atoms with E-state index in [0.717, 1.165) is 24.5 Å². The maximum absolute atomic E-state index is 11.1. The second kappa shape index (κ2) is 4.72. The summed E-state index contributed by atoms with van der Waals surface area (Å²) >= 11 is 1.98. The highest BCUT2D eigenvalue weighted by Crippen LogP contribution is 2.34. The summed E-state index contributed by atoms with van der Waals surface area (Å²) in [5.74, 6) is 0.645. The van der Waals surface area contributed by atoms with Gasteiger partial charge in [-0.15, -0.1) is 0 Å². The molecule has 1 saturated heterocycles. The van der Waals surface area contributed by atoms with Crippen molar-refractivity contribution in [3.05, 3.63) is 23.8 Å². The molecule has 0 bridgehead atoms. The van der Waals surface area contributed by atoms with Gasteiger partial charge < -0.3 is 16.4 Å². The largest absolute Gasteiger partial charge is 0.397 e. The number of anilines is 2. The molecule has 0 aliphatic carbocycles. The standard InChI is InChI=1S/C13H19N3OS/c1-13(2)8-16(5-6-18-13)11-4-3-9(12(15)17)7-10(11)14/h3-4,7H,5-6,8,14H2,1-2H3,(H2,15,17). The first-order valence-corrected chi connectivity index (χ1v) is 6.96. The van der Waals surface area contributed by atoms with Gasteiger partial charge in [0.25, 0.3) is 0 Å². The van der Waals surface area contributed by atoms with Crippen molar-refractivity contribution >= 4 is 29.0 Å². The Morgan fingerprint density at radius 1 is 1.44 bits per heavy atom. The maximum atomic E-state index is 11.1. The van der Waals surface area contributed by atoms with Gasteiger partial charge in [0.05, 0.1) is 11.4 Å². The summed E-state index contributed by atoms with van der Waals surface area (Å²) in [4.78, 5) is 13.4. The number of nitrogens with zero attached hydrogens (tertiary/aromatic N) is 1. The zero-order valence-electron chi connectivity index (χ0n) is 10.8. The fourth-order valence-electron chi connectivity index (χ4n) is 2.22. The van der Waals surface area contributed by atoms with E-state index in [4.69, 9.17) is 11.5 Å². The molecule has 1 aromatic rings. The molecular formula is C13H19N3OS. The molecule has 1 aromatic carbocycles. The van der Waals surface area contributed by atoms with Crippen LogP contribution in [0.5, 0.6) is 0 Å². The lowest BCUT2D eigenvalue weighted by Gasteiger charge is -2.39. The van der Waals surface area contributed by atoms with E-state index in [9.17, 15) is 4.79 Å². The molecule has 5 heteroatoms. The molecule has 2 rings (SSSR count). The number of nitrogens with two attached hydrogens (primary N) is 2. The number of nitrogen functional groups attached to an aromatic ring is 1. The van der Waals surface area contributed by atoms with Crippen LogP contribution >= 0.6 is 11.8 Å². The SMILES string of the molecule is CC1(C)CN(c2ccc(C(N)=O)cc2N)CCS1. The number of hydrogen-bond acceptors (Lipinski definition) is 4. The van der Waals surface area contributed by atoms with Gasteiger partial charge in [-0.25, -0.2) is 0 Å². The molecule has 1 amide bonds. The summed E-state index contributed by atoms with van der Waals surface area (Å²) in [5.41, 5.74) is 13.3. The van der Waals surface area contributed by atoms with E-state index < -0.39 is 5.91 Å². The molecule has 98 valence electrons. The zero-order chi connectivity index (χ0) is 13.3. The minimum atomic E-state index is -0.442. The van der Waals surface area contributed by atoms with Crippen LogP contribution in [0.15, 0.2) is 18.2 Å². The minimum absolute atomic E-state index is 0.229. The van der Waals surface area contributed by atoms with Crippen molar-refractivity contribution in [1.29, 1.82) is 0 Å². The molecule has 1 aliphatic rings. The number of primary amides is 1. The van der Waals surface area contributed by atoms with Gasteiger partial charge in [-0.05, 0) is 32.0 Å². The van der Waals surface area contributed by atoms with Crippen LogP contribution in [-0.2, 0) is 0 Å². The number of hydrogen-bond donors (Lipinski definition) is 2. The maximum Gasteiger partial charge on any atom is 0.248 e. The van der Waals surface area contributed by atoms with Crippen LogP contribution in [0.4, 0.5) is 11.4 Å². The van der Waals surface area contributed by atoms with Crippen molar-refractivity contribution < 1.29 is 4.79 Å². The highest BCUT2D eigenvalue weighted by atomic mass is 32.2. The third-order valence-corrected chi connectivity index (χ3v) is 4.38. The van der Waals surface area contributed by atoms with Crippen LogP contribution in [-0.4, -0.2) is 29.5 Å². The lowest BCUT2D eigenvalue weighted by molar-refractivity contribution is 0.100. The number of benzene rings is 1. The average molecular weight is 265 g/mol. The van der Waals surface area contributed by atoms with Crippen molar-refractivity contribution in [3.8, 4) is 0 Å². The minimum Gasteiger partial charge on any atom is -0.397 e. The van der Waals surface area contributed by atoms with Crippen LogP contribution in [0.2, 0.25) is 0 Å². The van der Waals surface area contributed by atoms with Crippen molar-refractivity contribution in [2.24, 2.45) is 5.73 Å². The molecule has 1 aliphatic heterocycles. The smallest absolute Gasteiger partial charge is 0.248 e.